The van der Waals surface area contributed by atoms with Gasteiger partial charge in [-0.3, -0.25) is 4.79 Å². The number of carbonyl (C=O) groups is 2. The van der Waals surface area contributed by atoms with Gasteiger partial charge in [-0.25, -0.2) is 4.79 Å². The molecule has 110 valence electrons. The van der Waals surface area contributed by atoms with Gasteiger partial charge >= 0.3 is 12.1 Å². The summed E-state index contributed by atoms with van der Waals surface area (Å²) < 4.78 is 10.2. The number of carbonyl (C=O) groups excluding carboxylic acids is 2. The van der Waals surface area contributed by atoms with Crippen molar-refractivity contribution >= 4 is 12.1 Å². The van der Waals surface area contributed by atoms with Crippen LogP contribution in [0.5, 0.6) is 5.75 Å². The van der Waals surface area contributed by atoms with Crippen LogP contribution in [-0.4, -0.2) is 23.7 Å². The third kappa shape index (κ3) is 6.78. The lowest BCUT2D eigenvalue weighted by Crippen LogP contribution is -2.39. The van der Waals surface area contributed by atoms with Crippen LogP contribution in [0.1, 0.15) is 34.1 Å². The van der Waals surface area contributed by atoms with Crippen LogP contribution in [0.3, 0.4) is 0 Å². The maximum Gasteiger partial charge on any atom is 0.407 e. The van der Waals surface area contributed by atoms with Crippen molar-refractivity contribution in [1.29, 1.82) is 0 Å². The average molecular weight is 279 g/mol. The van der Waals surface area contributed by atoms with Crippen molar-refractivity contribution < 1.29 is 19.1 Å². The van der Waals surface area contributed by atoms with Crippen LogP contribution in [0, 0.1) is 0 Å². The first-order chi connectivity index (χ1) is 9.26. The Bertz CT molecular complexity index is 451. The predicted octanol–water partition coefficient (Wildman–Crippen LogP) is 2.90. The van der Waals surface area contributed by atoms with Gasteiger partial charge in [-0.2, -0.15) is 0 Å². The lowest BCUT2D eigenvalue weighted by Gasteiger charge is -2.21. The summed E-state index contributed by atoms with van der Waals surface area (Å²) in [7, 11) is 0. The number of hydrogen-bond acceptors (Lipinski definition) is 4. The van der Waals surface area contributed by atoms with E-state index in [4.69, 9.17) is 9.47 Å². The summed E-state index contributed by atoms with van der Waals surface area (Å²) >= 11 is 0. The van der Waals surface area contributed by atoms with E-state index in [-0.39, 0.29) is 12.5 Å². The van der Waals surface area contributed by atoms with E-state index in [9.17, 15) is 9.59 Å². The molecule has 1 N–H and O–H groups in total. The molecule has 1 aromatic carbocycles. The molecule has 0 radical (unpaired) electrons. The normalized spacial score (nSPS) is 12.4. The minimum absolute atomic E-state index is 0.0775. The summed E-state index contributed by atoms with van der Waals surface area (Å²) in [6.45, 7) is 7.05. The van der Waals surface area contributed by atoms with Gasteiger partial charge in [0.25, 0.3) is 0 Å². The number of alkyl carbamates (subject to hydrolysis) is 1. The van der Waals surface area contributed by atoms with Gasteiger partial charge in [0.05, 0.1) is 6.42 Å². The molecule has 0 aliphatic heterocycles. The van der Waals surface area contributed by atoms with Crippen molar-refractivity contribution in [3.63, 3.8) is 0 Å². The maximum atomic E-state index is 11.7. The van der Waals surface area contributed by atoms with Gasteiger partial charge in [0.15, 0.2) is 0 Å². The van der Waals surface area contributed by atoms with Crippen LogP contribution in [-0.2, 0) is 9.53 Å². The predicted molar refractivity (Wildman–Crippen MR) is 75.5 cm³/mol. The molecular weight excluding hydrogens is 258 g/mol. The van der Waals surface area contributed by atoms with E-state index in [1.165, 1.54) is 0 Å². The highest BCUT2D eigenvalue weighted by atomic mass is 16.6. The van der Waals surface area contributed by atoms with Crippen LogP contribution in [0.15, 0.2) is 30.3 Å². The Hall–Kier alpha value is -2.04. The van der Waals surface area contributed by atoms with Gasteiger partial charge in [0.2, 0.25) is 0 Å². The zero-order valence-electron chi connectivity index (χ0n) is 12.3. The topological polar surface area (TPSA) is 64.6 Å². The van der Waals surface area contributed by atoms with Crippen molar-refractivity contribution in [2.75, 3.05) is 0 Å². The first-order valence-electron chi connectivity index (χ1n) is 6.51. The monoisotopic (exact) mass is 279 g/mol. The summed E-state index contributed by atoms with van der Waals surface area (Å²) in [5.74, 6) is 0.0849. The van der Waals surface area contributed by atoms with Gasteiger partial charge in [-0.05, 0) is 39.8 Å². The standard InChI is InChI=1S/C15H21NO4/c1-11(16-14(18)20-15(2,3)4)10-13(17)19-12-8-6-5-7-9-12/h5-9,11H,10H2,1-4H3,(H,16,18). The Morgan fingerprint density at radius 2 is 1.80 bits per heavy atom. The Balaban J connectivity index is 2.37. The molecule has 0 aromatic heterocycles. The fourth-order valence-corrected chi connectivity index (χ4v) is 1.47. The molecule has 0 fully saturated rings. The van der Waals surface area contributed by atoms with E-state index >= 15 is 0 Å². The van der Waals surface area contributed by atoms with Crippen LogP contribution in [0.25, 0.3) is 0 Å². The second-order valence-electron chi connectivity index (χ2n) is 5.54. The first kappa shape index (κ1) is 16.0. The number of para-hydroxylation sites is 1. The second kappa shape index (κ2) is 6.93. The van der Waals surface area contributed by atoms with Crippen LogP contribution < -0.4 is 10.1 Å². The summed E-state index contributed by atoms with van der Waals surface area (Å²) in [6, 6.07) is 8.44. The number of ether oxygens (including phenoxy) is 2. The van der Waals surface area contributed by atoms with Gasteiger partial charge in [-0.1, -0.05) is 18.2 Å². The molecule has 1 unspecified atom stereocenters. The Morgan fingerprint density at radius 1 is 1.20 bits per heavy atom. The fraction of sp³-hybridized carbons (Fsp3) is 0.467. The molecule has 1 rings (SSSR count). The summed E-state index contributed by atoms with van der Waals surface area (Å²) in [5, 5.41) is 2.59. The van der Waals surface area contributed by atoms with E-state index in [1.54, 1.807) is 52.0 Å². The SMILES string of the molecule is CC(CC(=O)Oc1ccccc1)NC(=O)OC(C)(C)C. The summed E-state index contributed by atoms with van der Waals surface area (Å²) in [6.07, 6.45) is -0.466. The molecule has 5 heteroatoms. The molecule has 0 aliphatic carbocycles. The minimum Gasteiger partial charge on any atom is -0.444 e. The summed E-state index contributed by atoms with van der Waals surface area (Å²) in [5.41, 5.74) is -0.561. The molecule has 0 saturated heterocycles. The maximum absolute atomic E-state index is 11.7. The van der Waals surface area contributed by atoms with Gasteiger partial charge in [0, 0.05) is 6.04 Å². The number of nitrogens with one attached hydrogen (secondary N) is 1. The highest BCUT2D eigenvalue weighted by molar-refractivity contribution is 5.74. The summed E-state index contributed by atoms with van der Waals surface area (Å²) in [4.78, 5) is 23.2. The third-order valence-corrected chi connectivity index (χ3v) is 2.21. The molecule has 1 amide bonds. The zero-order chi connectivity index (χ0) is 15.2. The molecule has 0 aliphatic rings. The molecule has 0 bridgehead atoms. The van der Waals surface area contributed by atoms with Crippen LogP contribution in [0.4, 0.5) is 4.79 Å². The Morgan fingerprint density at radius 3 is 2.35 bits per heavy atom. The molecular formula is C15H21NO4. The van der Waals surface area contributed by atoms with E-state index in [2.05, 4.69) is 5.32 Å². The highest BCUT2D eigenvalue weighted by Gasteiger charge is 2.19. The molecule has 5 nitrogen and oxygen atoms in total. The van der Waals surface area contributed by atoms with E-state index in [0.717, 1.165) is 0 Å². The van der Waals surface area contributed by atoms with Gasteiger partial charge in [-0.15, -0.1) is 0 Å². The lowest BCUT2D eigenvalue weighted by molar-refractivity contribution is -0.134. The van der Waals surface area contributed by atoms with Gasteiger partial charge in [0.1, 0.15) is 11.4 Å². The Labute approximate surface area is 119 Å². The van der Waals surface area contributed by atoms with Crippen molar-refractivity contribution in [3.8, 4) is 5.75 Å². The van der Waals surface area contributed by atoms with Crippen molar-refractivity contribution in [2.45, 2.75) is 45.8 Å². The minimum atomic E-state index is -0.561. The molecule has 20 heavy (non-hydrogen) atoms. The quantitative estimate of drug-likeness (QED) is 0.680. The number of benzene rings is 1. The number of amides is 1. The second-order valence-corrected chi connectivity index (χ2v) is 5.54. The zero-order valence-corrected chi connectivity index (χ0v) is 12.3. The van der Waals surface area contributed by atoms with Gasteiger partial charge < -0.3 is 14.8 Å². The number of hydrogen-bond donors (Lipinski definition) is 1. The van der Waals surface area contributed by atoms with Crippen molar-refractivity contribution in [2.24, 2.45) is 0 Å². The van der Waals surface area contributed by atoms with Crippen LogP contribution >= 0.6 is 0 Å². The fourth-order valence-electron chi connectivity index (χ4n) is 1.47. The number of rotatable bonds is 4. The van der Waals surface area contributed by atoms with E-state index in [0.29, 0.717) is 5.75 Å². The van der Waals surface area contributed by atoms with Crippen LogP contribution in [0.2, 0.25) is 0 Å². The van der Waals surface area contributed by atoms with Crippen molar-refractivity contribution in [3.05, 3.63) is 30.3 Å². The van der Waals surface area contributed by atoms with E-state index < -0.39 is 17.7 Å². The third-order valence-electron chi connectivity index (χ3n) is 2.21. The largest absolute Gasteiger partial charge is 0.444 e. The Kier molecular flexibility index (Phi) is 5.55. The number of esters is 1. The lowest BCUT2D eigenvalue weighted by atomic mass is 10.2. The molecule has 0 saturated carbocycles. The molecule has 0 spiro atoms. The molecule has 1 atom stereocenters. The molecule has 0 heterocycles. The first-order valence-corrected chi connectivity index (χ1v) is 6.51. The smallest absolute Gasteiger partial charge is 0.407 e. The average Bonchev–Trinajstić information content (AvgIpc) is 2.26. The highest BCUT2D eigenvalue weighted by Crippen LogP contribution is 2.10. The molecule has 1 aromatic rings. The van der Waals surface area contributed by atoms with Crippen molar-refractivity contribution in [1.82, 2.24) is 5.32 Å². The van der Waals surface area contributed by atoms with E-state index in [1.807, 2.05) is 6.07 Å².